The number of carbonyl (C=O) groups excluding carboxylic acids is 1. The lowest BCUT2D eigenvalue weighted by atomic mass is 9.94. The maximum absolute atomic E-state index is 13.4. The predicted molar refractivity (Wildman–Crippen MR) is 165 cm³/mol. The Hall–Kier alpha value is -4.61. The number of hydrogen-bond donors (Lipinski definition) is 2. The van der Waals surface area contributed by atoms with Gasteiger partial charge in [0, 0.05) is 55.7 Å². The van der Waals surface area contributed by atoms with Crippen molar-refractivity contribution in [3.05, 3.63) is 89.4 Å². The van der Waals surface area contributed by atoms with E-state index < -0.39 is 5.97 Å². The molecule has 2 aliphatic heterocycles. The van der Waals surface area contributed by atoms with Gasteiger partial charge in [-0.25, -0.2) is 14.8 Å². The molecule has 3 aromatic heterocycles. The maximum Gasteiger partial charge on any atom is 0.355 e. The van der Waals surface area contributed by atoms with E-state index in [0.717, 1.165) is 59.5 Å². The van der Waals surface area contributed by atoms with Crippen molar-refractivity contribution >= 4 is 44.4 Å². The Morgan fingerprint density at radius 3 is 2.74 bits per heavy atom. The van der Waals surface area contributed by atoms with E-state index in [0.29, 0.717) is 47.5 Å². The third-order valence-corrected chi connectivity index (χ3v) is 9.12. The zero-order valence-electron chi connectivity index (χ0n) is 23.4. The van der Waals surface area contributed by atoms with Gasteiger partial charge >= 0.3 is 5.97 Å². The molecule has 0 saturated carbocycles. The second kappa shape index (κ2) is 11.6. The Bertz CT molecular complexity index is 1790. The molecule has 5 heterocycles. The molecule has 0 unspecified atom stereocenters. The average Bonchev–Trinajstić information content (AvgIpc) is 3.67. The van der Waals surface area contributed by atoms with Crippen molar-refractivity contribution in [2.45, 2.75) is 32.4 Å². The van der Waals surface area contributed by atoms with Gasteiger partial charge in [0.2, 0.25) is 0 Å². The molecular weight excluding hydrogens is 564 g/mol. The minimum Gasteiger partial charge on any atom is -0.476 e. The van der Waals surface area contributed by atoms with Gasteiger partial charge in [-0.1, -0.05) is 35.6 Å². The summed E-state index contributed by atoms with van der Waals surface area (Å²) in [6.07, 6.45) is 6.30. The highest BCUT2D eigenvalue weighted by Crippen LogP contribution is 2.31. The Morgan fingerprint density at radius 2 is 1.91 bits per heavy atom. The van der Waals surface area contributed by atoms with Crippen LogP contribution in [0.15, 0.2) is 67.0 Å². The summed E-state index contributed by atoms with van der Waals surface area (Å²) >= 11 is 1.44. The predicted octanol–water partition coefficient (Wildman–Crippen LogP) is 5.49. The summed E-state index contributed by atoms with van der Waals surface area (Å²) in [7, 11) is 0. The lowest BCUT2D eigenvalue weighted by Gasteiger charge is -2.31. The van der Waals surface area contributed by atoms with E-state index >= 15 is 0 Å². The van der Waals surface area contributed by atoms with Crippen molar-refractivity contribution in [2.75, 3.05) is 30.0 Å². The molecule has 0 spiro atoms. The monoisotopic (exact) mass is 594 g/mol. The number of aromatic carboxylic acids is 1. The van der Waals surface area contributed by atoms with Gasteiger partial charge in [-0.2, -0.15) is 5.10 Å². The van der Waals surface area contributed by atoms with Gasteiger partial charge in [-0.05, 0) is 66.6 Å². The summed E-state index contributed by atoms with van der Waals surface area (Å²) < 4.78 is 8.35. The molecule has 1 fully saturated rings. The van der Waals surface area contributed by atoms with Crippen LogP contribution >= 0.6 is 11.3 Å². The number of fused-ring (bicyclic) bond motifs is 2. The van der Waals surface area contributed by atoms with Crippen LogP contribution in [0.4, 0.5) is 10.9 Å². The van der Waals surface area contributed by atoms with E-state index in [9.17, 15) is 14.7 Å². The molecule has 5 aromatic rings. The maximum atomic E-state index is 13.4. The van der Waals surface area contributed by atoms with Crippen LogP contribution in [0.5, 0.6) is 0 Å². The Morgan fingerprint density at radius 1 is 1.05 bits per heavy atom. The number of ether oxygens (including phenoxy) is 1. The molecule has 0 aliphatic carbocycles. The minimum atomic E-state index is -1.10. The number of carbonyl (C=O) groups is 2. The fourth-order valence-electron chi connectivity index (χ4n) is 5.90. The summed E-state index contributed by atoms with van der Waals surface area (Å²) in [5.41, 5.74) is 4.66. The second-order valence-electron chi connectivity index (χ2n) is 10.9. The summed E-state index contributed by atoms with van der Waals surface area (Å²) in [5.74, 6) is -0.258. The van der Waals surface area contributed by atoms with Crippen LogP contribution in [-0.4, -0.2) is 56.5 Å². The van der Waals surface area contributed by atoms with Crippen LogP contribution in [0.3, 0.4) is 0 Å². The van der Waals surface area contributed by atoms with Crippen LogP contribution < -0.4 is 10.2 Å². The Balaban J connectivity index is 1.12. The molecule has 2 aromatic carbocycles. The summed E-state index contributed by atoms with van der Waals surface area (Å²) in [6, 6.07) is 17.2. The number of benzene rings is 2. The lowest BCUT2D eigenvalue weighted by Crippen LogP contribution is -2.33. The van der Waals surface area contributed by atoms with Crippen molar-refractivity contribution in [1.82, 2.24) is 19.7 Å². The smallest absolute Gasteiger partial charge is 0.355 e. The van der Waals surface area contributed by atoms with E-state index in [2.05, 4.69) is 20.4 Å². The SMILES string of the molecule is O=C(Nc1nc2ccccc2s1)c1cccc2c1CN(c1ccc(-c3cnn(CC4CCOCC4)c3)c(C(=O)O)n1)CC2. The molecule has 43 heavy (non-hydrogen) atoms. The van der Waals surface area contributed by atoms with E-state index in [4.69, 9.17) is 4.74 Å². The number of hydrogen-bond acceptors (Lipinski definition) is 8. The summed E-state index contributed by atoms with van der Waals surface area (Å²) in [5, 5.41) is 18.1. The third kappa shape index (κ3) is 5.61. The molecule has 1 saturated heterocycles. The van der Waals surface area contributed by atoms with Gasteiger partial charge in [0.1, 0.15) is 5.82 Å². The van der Waals surface area contributed by atoms with Gasteiger partial charge in [-0.15, -0.1) is 0 Å². The van der Waals surface area contributed by atoms with Gasteiger partial charge in [-0.3, -0.25) is 14.8 Å². The van der Waals surface area contributed by atoms with Crippen molar-refractivity contribution in [3.8, 4) is 11.1 Å². The number of amides is 1. The lowest BCUT2D eigenvalue weighted by molar-refractivity contribution is 0.0601. The molecule has 7 rings (SSSR count). The largest absolute Gasteiger partial charge is 0.476 e. The molecule has 10 nitrogen and oxygen atoms in total. The molecule has 0 bridgehead atoms. The highest BCUT2D eigenvalue weighted by Gasteiger charge is 2.25. The fraction of sp³-hybridized carbons (Fsp3) is 0.281. The molecule has 0 radical (unpaired) electrons. The first kappa shape index (κ1) is 27.2. The van der Waals surface area contributed by atoms with Crippen LogP contribution in [0.25, 0.3) is 21.3 Å². The number of nitrogens with one attached hydrogen (secondary N) is 1. The number of para-hydroxylation sites is 1. The van der Waals surface area contributed by atoms with Crippen molar-refractivity contribution in [1.29, 1.82) is 0 Å². The Labute approximate surface area is 252 Å². The van der Waals surface area contributed by atoms with Crippen molar-refractivity contribution in [3.63, 3.8) is 0 Å². The van der Waals surface area contributed by atoms with Crippen LogP contribution in [0.2, 0.25) is 0 Å². The number of anilines is 2. The highest BCUT2D eigenvalue weighted by molar-refractivity contribution is 7.22. The molecule has 0 atom stereocenters. The third-order valence-electron chi connectivity index (χ3n) is 8.17. The number of nitrogens with zero attached hydrogens (tertiary/aromatic N) is 5. The van der Waals surface area contributed by atoms with Crippen LogP contribution in [0.1, 0.15) is 44.8 Å². The number of pyridine rings is 1. The van der Waals surface area contributed by atoms with Gasteiger partial charge < -0.3 is 14.7 Å². The molecule has 1 amide bonds. The molecule has 2 N–H and O–H groups in total. The molecular formula is C32H30N6O4S. The zero-order chi connectivity index (χ0) is 29.3. The molecule has 11 heteroatoms. The normalized spacial score (nSPS) is 15.4. The molecule has 218 valence electrons. The Kier molecular flexibility index (Phi) is 7.33. The second-order valence-corrected chi connectivity index (χ2v) is 12.0. The van der Waals surface area contributed by atoms with E-state index in [1.807, 2.05) is 70.4 Å². The van der Waals surface area contributed by atoms with Gasteiger partial charge in [0.05, 0.1) is 16.4 Å². The van der Waals surface area contributed by atoms with Crippen LogP contribution in [-0.2, 0) is 24.2 Å². The summed E-state index contributed by atoms with van der Waals surface area (Å²) in [6.45, 7) is 3.41. The fourth-order valence-corrected chi connectivity index (χ4v) is 6.76. The van der Waals surface area contributed by atoms with Crippen LogP contribution in [0, 0.1) is 5.92 Å². The first-order chi connectivity index (χ1) is 21.0. The number of rotatable bonds is 7. The first-order valence-corrected chi connectivity index (χ1v) is 15.2. The van der Waals surface area contributed by atoms with Gasteiger partial charge in [0.25, 0.3) is 5.91 Å². The molecule has 2 aliphatic rings. The highest BCUT2D eigenvalue weighted by atomic mass is 32.1. The summed E-state index contributed by atoms with van der Waals surface area (Å²) in [4.78, 5) is 36.9. The van der Waals surface area contributed by atoms with Crippen molar-refractivity contribution < 1.29 is 19.4 Å². The minimum absolute atomic E-state index is 0.0178. The van der Waals surface area contributed by atoms with Gasteiger partial charge in [0.15, 0.2) is 10.8 Å². The number of thiazole rings is 1. The quantitative estimate of drug-likeness (QED) is 0.254. The number of carboxylic acid groups (broad SMARTS) is 1. The van der Waals surface area contributed by atoms with E-state index in [1.165, 1.54) is 11.3 Å². The average molecular weight is 595 g/mol. The zero-order valence-corrected chi connectivity index (χ0v) is 24.2. The van der Waals surface area contributed by atoms with E-state index in [1.54, 1.807) is 6.20 Å². The topological polar surface area (TPSA) is 122 Å². The van der Waals surface area contributed by atoms with E-state index in [-0.39, 0.29) is 11.6 Å². The number of carboxylic acids is 1. The standard InChI is InChI=1S/C32H30N6O4S/c39-30(36-32-34-26-6-1-2-7-27(26)43-32)24-5-3-4-21-10-13-37(19-25(21)24)28-9-8-23(29(35-28)31(40)41)22-16-33-38(18-22)17-20-11-14-42-15-12-20/h1-9,16,18,20H,10-15,17,19H2,(H,40,41)(H,34,36,39). The van der Waals surface area contributed by atoms with Crippen molar-refractivity contribution in [2.24, 2.45) is 5.92 Å². The number of aromatic nitrogens is 4. The first-order valence-electron chi connectivity index (χ1n) is 14.4.